The second-order valence-electron chi connectivity index (χ2n) is 4.65. The highest BCUT2D eigenvalue weighted by Gasteiger charge is 2.30. The van der Waals surface area contributed by atoms with Gasteiger partial charge in [-0.05, 0) is 18.6 Å². The molecule has 2 N–H and O–H groups in total. The quantitative estimate of drug-likeness (QED) is 0.934. The van der Waals surface area contributed by atoms with E-state index in [4.69, 9.17) is 5.73 Å². The Morgan fingerprint density at radius 3 is 2.60 bits per heavy atom. The van der Waals surface area contributed by atoms with Crippen LogP contribution in [0.15, 0.2) is 24.3 Å². The molecule has 2 rings (SSSR count). The van der Waals surface area contributed by atoms with E-state index in [0.29, 0.717) is 17.1 Å². The molecule has 20 heavy (non-hydrogen) atoms. The van der Waals surface area contributed by atoms with Crippen LogP contribution in [0.25, 0.3) is 11.3 Å². The maximum absolute atomic E-state index is 12.7. The second kappa shape index (κ2) is 5.19. The van der Waals surface area contributed by atoms with Gasteiger partial charge < -0.3 is 10.3 Å². The molecule has 0 aliphatic carbocycles. The third-order valence-electron chi connectivity index (χ3n) is 3.17. The Bertz CT molecular complexity index is 615. The van der Waals surface area contributed by atoms with Gasteiger partial charge in [-0.15, -0.1) is 0 Å². The van der Waals surface area contributed by atoms with Crippen molar-refractivity contribution < 1.29 is 13.2 Å². The van der Waals surface area contributed by atoms with Crippen molar-refractivity contribution in [3.8, 4) is 11.3 Å². The Morgan fingerprint density at radius 1 is 1.30 bits per heavy atom. The summed E-state index contributed by atoms with van der Waals surface area (Å²) in [5.74, 6) is 1.16. The molecule has 0 atom stereocenters. The van der Waals surface area contributed by atoms with E-state index in [0.717, 1.165) is 30.8 Å². The van der Waals surface area contributed by atoms with Crippen LogP contribution in [0.5, 0.6) is 0 Å². The van der Waals surface area contributed by atoms with Crippen molar-refractivity contribution >= 4 is 5.82 Å². The van der Waals surface area contributed by atoms with Gasteiger partial charge in [-0.3, -0.25) is 0 Å². The number of hydrogen-bond donors (Lipinski definition) is 1. The molecule has 0 saturated heterocycles. The number of aromatic nitrogens is 2. The lowest BCUT2D eigenvalue weighted by Crippen LogP contribution is -2.04. The van der Waals surface area contributed by atoms with Crippen molar-refractivity contribution in [2.45, 2.75) is 25.9 Å². The summed E-state index contributed by atoms with van der Waals surface area (Å²) in [6.07, 6.45) is -2.74. The highest BCUT2D eigenvalue weighted by atomic mass is 19.4. The van der Waals surface area contributed by atoms with Crippen molar-refractivity contribution in [2.75, 3.05) is 5.73 Å². The smallest absolute Gasteiger partial charge is 0.383 e. The largest absolute Gasteiger partial charge is 0.416 e. The molecule has 0 fully saturated rings. The molecule has 0 saturated carbocycles. The summed E-state index contributed by atoms with van der Waals surface area (Å²) in [6.45, 7) is 2.01. The first-order valence-corrected chi connectivity index (χ1v) is 6.33. The average molecular weight is 283 g/mol. The van der Waals surface area contributed by atoms with Crippen LogP contribution in [0.3, 0.4) is 0 Å². The molecule has 2 aromatic rings. The van der Waals surface area contributed by atoms with Crippen LogP contribution in [0.2, 0.25) is 0 Å². The zero-order valence-corrected chi connectivity index (χ0v) is 11.3. The molecule has 1 aromatic heterocycles. The maximum Gasteiger partial charge on any atom is 0.416 e. The number of nitrogen functional groups attached to an aromatic ring is 1. The van der Waals surface area contributed by atoms with Crippen LogP contribution in [-0.2, 0) is 19.6 Å². The number of nitrogens with zero attached hydrogens (tertiary/aromatic N) is 2. The molecule has 3 nitrogen and oxygen atoms in total. The predicted molar refractivity (Wildman–Crippen MR) is 72.1 cm³/mol. The van der Waals surface area contributed by atoms with E-state index in [-0.39, 0.29) is 0 Å². The minimum Gasteiger partial charge on any atom is -0.383 e. The van der Waals surface area contributed by atoms with Crippen LogP contribution in [0.1, 0.15) is 24.7 Å². The number of halogens is 3. The summed E-state index contributed by atoms with van der Waals surface area (Å²) >= 11 is 0. The van der Waals surface area contributed by atoms with Gasteiger partial charge in [-0.1, -0.05) is 19.1 Å². The van der Waals surface area contributed by atoms with E-state index in [1.54, 1.807) is 17.7 Å². The zero-order chi connectivity index (χ0) is 14.9. The number of benzene rings is 1. The molecule has 0 spiro atoms. The van der Waals surface area contributed by atoms with Gasteiger partial charge in [0.05, 0.1) is 5.56 Å². The number of imidazole rings is 1. The van der Waals surface area contributed by atoms with Gasteiger partial charge in [0.2, 0.25) is 0 Å². The predicted octanol–water partition coefficient (Wildman–Crippen LogP) is 3.64. The maximum atomic E-state index is 12.7. The molecule has 0 radical (unpaired) electrons. The van der Waals surface area contributed by atoms with Gasteiger partial charge in [0.1, 0.15) is 17.3 Å². The Balaban J connectivity index is 2.49. The number of alkyl halides is 3. The van der Waals surface area contributed by atoms with E-state index in [2.05, 4.69) is 4.98 Å². The molecule has 0 aliphatic heterocycles. The molecule has 0 amide bonds. The molecule has 6 heteroatoms. The van der Waals surface area contributed by atoms with E-state index >= 15 is 0 Å². The molecular formula is C14H16F3N3. The van der Waals surface area contributed by atoms with Gasteiger partial charge in [0, 0.05) is 19.0 Å². The summed E-state index contributed by atoms with van der Waals surface area (Å²) < 4.78 is 39.9. The minimum atomic E-state index is -4.37. The lowest BCUT2D eigenvalue weighted by molar-refractivity contribution is -0.137. The van der Waals surface area contributed by atoms with Crippen LogP contribution in [0.4, 0.5) is 19.0 Å². The summed E-state index contributed by atoms with van der Waals surface area (Å²) in [7, 11) is 1.77. The van der Waals surface area contributed by atoms with Gasteiger partial charge in [-0.2, -0.15) is 13.2 Å². The Kier molecular flexibility index (Phi) is 3.74. The van der Waals surface area contributed by atoms with Crippen LogP contribution < -0.4 is 5.73 Å². The molecular weight excluding hydrogens is 267 g/mol. The van der Waals surface area contributed by atoms with Crippen LogP contribution in [-0.4, -0.2) is 9.55 Å². The van der Waals surface area contributed by atoms with Crippen molar-refractivity contribution in [1.82, 2.24) is 9.55 Å². The fraction of sp³-hybridized carbons (Fsp3) is 0.357. The van der Waals surface area contributed by atoms with Gasteiger partial charge in [0.25, 0.3) is 0 Å². The summed E-state index contributed by atoms with van der Waals surface area (Å²) in [5.41, 5.74) is 6.04. The monoisotopic (exact) mass is 283 g/mol. The molecule has 0 unspecified atom stereocenters. The Labute approximate surface area is 115 Å². The van der Waals surface area contributed by atoms with E-state index < -0.39 is 11.7 Å². The standard InChI is InChI=1S/C14H16F3N3/c1-3-5-11-19-12(13(18)20(11)2)9-6-4-7-10(8-9)14(15,16)17/h4,6-8H,3,5,18H2,1-2H3. The van der Waals surface area contributed by atoms with Crippen molar-refractivity contribution in [1.29, 1.82) is 0 Å². The molecule has 1 aromatic carbocycles. The van der Waals surface area contributed by atoms with Gasteiger partial charge in [0.15, 0.2) is 0 Å². The van der Waals surface area contributed by atoms with Crippen LogP contribution >= 0.6 is 0 Å². The van der Waals surface area contributed by atoms with Crippen molar-refractivity contribution in [3.63, 3.8) is 0 Å². The number of rotatable bonds is 3. The lowest BCUT2D eigenvalue weighted by atomic mass is 10.1. The van der Waals surface area contributed by atoms with Crippen molar-refractivity contribution in [2.24, 2.45) is 7.05 Å². The highest BCUT2D eigenvalue weighted by molar-refractivity contribution is 5.71. The fourth-order valence-corrected chi connectivity index (χ4v) is 2.06. The third-order valence-corrected chi connectivity index (χ3v) is 3.17. The minimum absolute atomic E-state index is 0.382. The number of nitrogens with two attached hydrogens (primary N) is 1. The molecule has 1 heterocycles. The number of aryl methyl sites for hydroxylation is 1. The van der Waals surface area contributed by atoms with E-state index in [1.165, 1.54) is 6.07 Å². The molecule has 108 valence electrons. The first-order chi connectivity index (χ1) is 9.34. The van der Waals surface area contributed by atoms with E-state index in [1.807, 2.05) is 6.92 Å². The van der Waals surface area contributed by atoms with Gasteiger partial charge in [-0.25, -0.2) is 4.98 Å². The number of anilines is 1. The molecule has 0 bridgehead atoms. The second-order valence-corrected chi connectivity index (χ2v) is 4.65. The summed E-state index contributed by atoms with van der Waals surface area (Å²) in [6, 6.07) is 5.07. The topological polar surface area (TPSA) is 43.8 Å². The summed E-state index contributed by atoms with van der Waals surface area (Å²) in [4.78, 5) is 4.36. The van der Waals surface area contributed by atoms with Crippen molar-refractivity contribution in [3.05, 3.63) is 35.7 Å². The SMILES string of the molecule is CCCc1nc(-c2cccc(C(F)(F)F)c2)c(N)n1C. The fourth-order valence-electron chi connectivity index (χ4n) is 2.06. The third kappa shape index (κ3) is 2.64. The van der Waals surface area contributed by atoms with E-state index in [9.17, 15) is 13.2 Å². The van der Waals surface area contributed by atoms with Crippen LogP contribution in [0, 0.1) is 0 Å². The van der Waals surface area contributed by atoms with Gasteiger partial charge >= 0.3 is 6.18 Å². The Hall–Kier alpha value is -1.98. The highest BCUT2D eigenvalue weighted by Crippen LogP contribution is 2.33. The average Bonchev–Trinajstić information content (AvgIpc) is 2.67. The normalized spacial score (nSPS) is 11.8. The first kappa shape index (κ1) is 14.4. The lowest BCUT2D eigenvalue weighted by Gasteiger charge is -2.08. The first-order valence-electron chi connectivity index (χ1n) is 6.33. The summed E-state index contributed by atoms with van der Waals surface area (Å²) in [5, 5.41) is 0. The molecule has 0 aliphatic rings. The zero-order valence-electron chi connectivity index (χ0n) is 11.3. The number of hydrogen-bond acceptors (Lipinski definition) is 2. The Morgan fingerprint density at radius 2 is 2.00 bits per heavy atom.